The molecule has 7 nitrogen and oxygen atoms in total. The van der Waals surface area contributed by atoms with Crippen LogP contribution in [0.25, 0.3) is 10.9 Å². The van der Waals surface area contributed by atoms with Gasteiger partial charge in [-0.2, -0.15) is 5.10 Å². The van der Waals surface area contributed by atoms with Gasteiger partial charge in [0.2, 0.25) is 0 Å². The largest absolute Gasteiger partial charge is 0.346 e. The summed E-state index contributed by atoms with van der Waals surface area (Å²) in [6, 6.07) is 3.99. The molecule has 3 heterocycles. The Labute approximate surface area is 176 Å². The zero-order valence-electron chi connectivity index (χ0n) is 16.8. The van der Waals surface area contributed by atoms with Crippen LogP contribution in [0.3, 0.4) is 0 Å². The second-order valence-corrected chi connectivity index (χ2v) is 8.94. The molecule has 2 amide bonds. The maximum atomic E-state index is 13.8. The molecule has 1 saturated heterocycles. The van der Waals surface area contributed by atoms with Gasteiger partial charge in [0, 0.05) is 30.9 Å². The third kappa shape index (κ3) is 3.17. The lowest BCUT2D eigenvalue weighted by Crippen LogP contribution is -2.45. The number of hydrogen-bond donors (Lipinski definition) is 1. The number of hydrogen-bond acceptors (Lipinski definition) is 5. The number of thiazole rings is 1. The predicted molar refractivity (Wildman–Crippen MR) is 111 cm³/mol. The number of likely N-dealkylation sites (tertiary alicyclic amines) is 1. The zero-order chi connectivity index (χ0) is 21.0. The number of aryl methyl sites for hydroxylation is 1. The van der Waals surface area contributed by atoms with E-state index in [1.807, 2.05) is 6.92 Å². The minimum absolute atomic E-state index is 0.115. The van der Waals surface area contributed by atoms with Gasteiger partial charge in [-0.25, -0.2) is 9.37 Å². The van der Waals surface area contributed by atoms with Gasteiger partial charge >= 0.3 is 0 Å². The molecule has 1 N–H and O–H groups in total. The first-order chi connectivity index (χ1) is 14.4. The molecule has 0 unspecified atom stereocenters. The fraction of sp³-hybridized carbons (Fsp3) is 0.429. The molecule has 3 aromatic rings. The van der Waals surface area contributed by atoms with Crippen molar-refractivity contribution in [3.63, 3.8) is 0 Å². The number of nitrogens with one attached hydrogen (secondary N) is 1. The third-order valence-electron chi connectivity index (χ3n) is 6.11. The van der Waals surface area contributed by atoms with E-state index in [4.69, 9.17) is 0 Å². The Kier molecular flexibility index (Phi) is 4.57. The van der Waals surface area contributed by atoms with Gasteiger partial charge in [-0.05, 0) is 44.4 Å². The fourth-order valence-corrected chi connectivity index (χ4v) is 5.04. The molecule has 2 aliphatic rings. The second kappa shape index (κ2) is 7.16. The van der Waals surface area contributed by atoms with E-state index < -0.39 is 5.82 Å². The van der Waals surface area contributed by atoms with Crippen molar-refractivity contribution < 1.29 is 14.0 Å². The van der Waals surface area contributed by atoms with Crippen LogP contribution in [0.5, 0.6) is 0 Å². The van der Waals surface area contributed by atoms with Crippen LogP contribution in [0.15, 0.2) is 23.7 Å². The van der Waals surface area contributed by atoms with Crippen LogP contribution in [-0.2, 0) is 7.05 Å². The average molecular weight is 428 g/mol. The second-order valence-electron chi connectivity index (χ2n) is 8.08. The maximum absolute atomic E-state index is 13.8. The number of carbonyl (C=O) groups excluding carboxylic acids is 2. The Morgan fingerprint density at radius 2 is 2.07 bits per heavy atom. The zero-order valence-corrected chi connectivity index (χ0v) is 17.6. The summed E-state index contributed by atoms with van der Waals surface area (Å²) in [6.45, 7) is 2.44. The van der Waals surface area contributed by atoms with Crippen LogP contribution in [0.4, 0.5) is 4.39 Å². The topological polar surface area (TPSA) is 80.1 Å². The van der Waals surface area contributed by atoms with Crippen molar-refractivity contribution in [2.45, 2.75) is 44.2 Å². The summed E-state index contributed by atoms with van der Waals surface area (Å²) < 4.78 is 15.4. The number of benzene rings is 1. The van der Waals surface area contributed by atoms with Crippen LogP contribution < -0.4 is 5.32 Å². The Morgan fingerprint density at radius 1 is 1.27 bits per heavy atom. The highest BCUT2D eigenvalue weighted by atomic mass is 32.1. The summed E-state index contributed by atoms with van der Waals surface area (Å²) in [6.07, 6.45) is 2.84. The van der Waals surface area contributed by atoms with Crippen LogP contribution in [0, 0.1) is 5.82 Å². The maximum Gasteiger partial charge on any atom is 0.275 e. The van der Waals surface area contributed by atoms with Crippen molar-refractivity contribution >= 4 is 34.1 Å². The summed E-state index contributed by atoms with van der Waals surface area (Å²) in [7, 11) is 1.74. The Balaban J connectivity index is 1.34. The first-order valence-electron chi connectivity index (χ1n) is 10.1. The van der Waals surface area contributed by atoms with Gasteiger partial charge in [-0.15, -0.1) is 11.3 Å². The molecule has 30 heavy (non-hydrogen) atoms. The molecule has 5 rings (SSSR count). The summed E-state index contributed by atoms with van der Waals surface area (Å²) in [5.74, 6) is -0.350. The van der Waals surface area contributed by atoms with Gasteiger partial charge in [-0.3, -0.25) is 14.3 Å². The molecule has 1 aliphatic carbocycles. The number of carbonyl (C=O) groups is 2. The monoisotopic (exact) mass is 427 g/mol. The predicted octanol–water partition coefficient (Wildman–Crippen LogP) is 3.08. The van der Waals surface area contributed by atoms with E-state index in [1.54, 1.807) is 28.2 Å². The Morgan fingerprint density at radius 3 is 2.83 bits per heavy atom. The Bertz CT molecular complexity index is 1150. The lowest BCUT2D eigenvalue weighted by atomic mass is 10.1. The van der Waals surface area contributed by atoms with Crippen molar-refractivity contribution in [1.82, 2.24) is 25.0 Å². The number of rotatable bonds is 4. The van der Waals surface area contributed by atoms with Crippen LogP contribution in [0.2, 0.25) is 0 Å². The molecule has 2 fully saturated rings. The number of amides is 2. The van der Waals surface area contributed by atoms with E-state index in [9.17, 15) is 14.0 Å². The van der Waals surface area contributed by atoms with Crippen LogP contribution >= 0.6 is 11.3 Å². The van der Waals surface area contributed by atoms with Crippen molar-refractivity contribution in [2.24, 2.45) is 7.05 Å². The number of halogens is 1. The van der Waals surface area contributed by atoms with E-state index in [2.05, 4.69) is 15.4 Å². The minimum atomic E-state index is -0.403. The number of nitrogens with zero attached hydrogens (tertiary/aromatic N) is 4. The normalized spacial score (nSPS) is 21.4. The van der Waals surface area contributed by atoms with E-state index >= 15 is 0 Å². The molecule has 0 bridgehead atoms. The molecule has 156 valence electrons. The quantitative estimate of drug-likeness (QED) is 0.694. The highest BCUT2D eigenvalue weighted by Gasteiger charge is 2.38. The van der Waals surface area contributed by atoms with E-state index in [0.29, 0.717) is 34.7 Å². The molecule has 0 spiro atoms. The van der Waals surface area contributed by atoms with Gasteiger partial charge in [0.25, 0.3) is 11.8 Å². The summed E-state index contributed by atoms with van der Waals surface area (Å²) in [4.78, 5) is 32.8. The van der Waals surface area contributed by atoms with Gasteiger partial charge in [0.05, 0.1) is 22.8 Å². The summed E-state index contributed by atoms with van der Waals surface area (Å²) >= 11 is 1.37. The smallest absolute Gasteiger partial charge is 0.275 e. The molecule has 1 aromatic carbocycles. The molecule has 2 aromatic heterocycles. The van der Waals surface area contributed by atoms with Crippen LogP contribution in [0.1, 0.15) is 58.0 Å². The summed E-state index contributed by atoms with van der Waals surface area (Å²) in [5, 5.41) is 7.93. The molecule has 0 radical (unpaired) electrons. The molecule has 9 heteroatoms. The molecule has 1 saturated carbocycles. The first-order valence-corrected chi connectivity index (χ1v) is 11.0. The summed E-state index contributed by atoms with van der Waals surface area (Å²) in [5.41, 5.74) is 3.57. The van der Waals surface area contributed by atoms with Gasteiger partial charge in [-0.1, -0.05) is 0 Å². The fourth-order valence-electron chi connectivity index (χ4n) is 4.26. The van der Waals surface area contributed by atoms with E-state index in [-0.39, 0.29) is 29.6 Å². The lowest BCUT2D eigenvalue weighted by Gasteiger charge is -2.24. The van der Waals surface area contributed by atoms with Crippen LogP contribution in [-0.4, -0.2) is 50.1 Å². The standard InChI is InChI=1S/C21H22FN5O2S/c1-11-15(24-20(28)19-17(12-3-4-12)23-10-30-19)7-8-27(11)21(29)18-14-9-13(22)5-6-16(14)26(2)25-18/h5-6,9-12,15H,3-4,7-8H2,1-2H3,(H,24,28)/t11-,15-/m1/s1. The van der Waals surface area contributed by atoms with Crippen molar-refractivity contribution in [1.29, 1.82) is 0 Å². The van der Waals surface area contributed by atoms with Crippen molar-refractivity contribution in [3.05, 3.63) is 45.8 Å². The van der Waals surface area contributed by atoms with Gasteiger partial charge in [0.15, 0.2) is 5.69 Å². The van der Waals surface area contributed by atoms with Gasteiger partial charge < -0.3 is 10.2 Å². The molecule has 2 atom stereocenters. The minimum Gasteiger partial charge on any atom is -0.346 e. The van der Waals surface area contributed by atoms with Crippen molar-refractivity contribution in [2.75, 3.05) is 6.54 Å². The van der Waals surface area contributed by atoms with Gasteiger partial charge in [0.1, 0.15) is 10.7 Å². The Hall–Kier alpha value is -2.81. The van der Waals surface area contributed by atoms with E-state index in [0.717, 1.165) is 18.5 Å². The highest BCUT2D eigenvalue weighted by molar-refractivity contribution is 7.11. The highest BCUT2D eigenvalue weighted by Crippen LogP contribution is 2.41. The number of fused-ring (bicyclic) bond motifs is 1. The van der Waals surface area contributed by atoms with Crippen molar-refractivity contribution in [3.8, 4) is 0 Å². The molecule has 1 aliphatic heterocycles. The first kappa shape index (κ1) is 19.2. The van der Waals surface area contributed by atoms with E-state index in [1.165, 1.54) is 23.5 Å². The lowest BCUT2D eigenvalue weighted by molar-refractivity contribution is 0.0724. The third-order valence-corrected chi connectivity index (χ3v) is 6.95. The molecular weight excluding hydrogens is 405 g/mol. The average Bonchev–Trinajstić information content (AvgIpc) is 3.19. The number of aromatic nitrogens is 3. The SMILES string of the molecule is C[C@@H]1[C@H](NC(=O)c2scnc2C2CC2)CCN1C(=O)c1nn(C)c2ccc(F)cc12. The molecular formula is C21H22FN5O2S.